The van der Waals surface area contributed by atoms with Crippen LogP contribution in [0, 0.1) is 5.92 Å². The van der Waals surface area contributed by atoms with Crippen molar-refractivity contribution in [2.24, 2.45) is 5.92 Å². The Hall–Kier alpha value is -1.81. The average molecular weight is 328 g/mol. The Kier molecular flexibility index (Phi) is 4.09. The summed E-state index contributed by atoms with van der Waals surface area (Å²) in [6.45, 7) is -0.113. The van der Waals surface area contributed by atoms with Crippen LogP contribution in [0.25, 0.3) is 0 Å². The molecule has 1 aromatic carbocycles. The highest BCUT2D eigenvalue weighted by Gasteiger charge is 2.40. The smallest absolute Gasteiger partial charge is 0.416 e. The van der Waals surface area contributed by atoms with Gasteiger partial charge in [-0.1, -0.05) is 0 Å². The number of carboxylic acids is 1. The first-order valence-corrected chi connectivity index (χ1v) is 6.00. The number of carbonyl (C=O) groups is 1. The Bertz CT molecular complexity index is 552. The zero-order valence-electron chi connectivity index (χ0n) is 10.7. The molecule has 122 valence electrons. The van der Waals surface area contributed by atoms with Crippen molar-refractivity contribution in [3.63, 3.8) is 0 Å². The summed E-state index contributed by atoms with van der Waals surface area (Å²) in [6, 6.07) is -0.145. The molecule has 1 saturated heterocycles. The molecule has 3 N–H and O–H groups in total. The van der Waals surface area contributed by atoms with Crippen molar-refractivity contribution in [3.05, 3.63) is 34.9 Å². The van der Waals surface area contributed by atoms with E-state index in [2.05, 4.69) is 10.9 Å². The summed E-state index contributed by atoms with van der Waals surface area (Å²) < 4.78 is 76.6. The molecular weight excluding hydrogens is 318 g/mol. The third kappa shape index (κ3) is 3.33. The van der Waals surface area contributed by atoms with Crippen molar-refractivity contribution in [2.45, 2.75) is 18.4 Å². The Balaban J connectivity index is 2.53. The number of nitrogens with one attached hydrogen (secondary N) is 2. The highest BCUT2D eigenvalue weighted by Crippen LogP contribution is 2.38. The van der Waals surface area contributed by atoms with Gasteiger partial charge in [0.15, 0.2) is 0 Å². The lowest BCUT2D eigenvalue weighted by atomic mass is 9.92. The van der Waals surface area contributed by atoms with E-state index in [-0.39, 0.29) is 18.2 Å². The molecule has 0 bridgehead atoms. The molecule has 2 unspecified atom stereocenters. The van der Waals surface area contributed by atoms with Crippen molar-refractivity contribution in [1.29, 1.82) is 0 Å². The lowest BCUT2D eigenvalue weighted by Gasteiger charge is -2.19. The van der Waals surface area contributed by atoms with Crippen molar-refractivity contribution >= 4 is 5.97 Å². The van der Waals surface area contributed by atoms with Crippen LogP contribution in [0.1, 0.15) is 22.7 Å². The van der Waals surface area contributed by atoms with Gasteiger partial charge in [-0.15, -0.1) is 0 Å². The summed E-state index contributed by atoms with van der Waals surface area (Å²) in [5.41, 5.74) is 1.48. The number of aliphatic carboxylic acids is 1. The number of rotatable bonds is 2. The maximum absolute atomic E-state index is 12.8. The van der Waals surface area contributed by atoms with Gasteiger partial charge < -0.3 is 5.11 Å². The third-order valence-electron chi connectivity index (χ3n) is 3.27. The predicted octanol–water partition coefficient (Wildman–Crippen LogP) is 2.57. The summed E-state index contributed by atoms with van der Waals surface area (Å²) in [5, 5.41) is 8.98. The quantitative estimate of drug-likeness (QED) is 0.730. The fourth-order valence-electron chi connectivity index (χ4n) is 2.20. The molecule has 1 aliphatic rings. The molecule has 10 heteroatoms. The highest BCUT2D eigenvalue weighted by atomic mass is 19.4. The van der Waals surface area contributed by atoms with Crippen LogP contribution < -0.4 is 10.9 Å². The number of hydrogen-bond donors (Lipinski definition) is 3. The van der Waals surface area contributed by atoms with Crippen molar-refractivity contribution in [1.82, 2.24) is 10.9 Å². The first-order chi connectivity index (χ1) is 10.00. The first kappa shape index (κ1) is 16.6. The summed E-state index contributed by atoms with van der Waals surface area (Å²) >= 11 is 0. The Labute approximate surface area is 120 Å². The number of hydrogen-bond acceptors (Lipinski definition) is 3. The zero-order chi connectivity index (χ0) is 16.7. The van der Waals surface area contributed by atoms with E-state index in [1.165, 1.54) is 0 Å². The van der Waals surface area contributed by atoms with Gasteiger partial charge in [0, 0.05) is 6.54 Å². The standard InChI is InChI=1S/C12H10F6N2O2/c13-11(14,15)6-1-5(2-7(3-6)12(16,17)18)9-8(10(21)22)4-19-20-9/h1-3,8-9,19-20H,4H2,(H,21,22). The molecule has 1 aromatic rings. The molecule has 0 aliphatic carbocycles. The summed E-state index contributed by atoms with van der Waals surface area (Å²) in [5.74, 6) is -2.50. The monoisotopic (exact) mass is 328 g/mol. The number of benzene rings is 1. The SMILES string of the molecule is O=C(O)C1CNNC1c1cc(C(F)(F)F)cc(C(F)(F)F)c1. The number of carboxylic acid groups (broad SMARTS) is 1. The average Bonchev–Trinajstić information content (AvgIpc) is 2.85. The second-order valence-electron chi connectivity index (χ2n) is 4.79. The Morgan fingerprint density at radius 1 is 1.05 bits per heavy atom. The van der Waals surface area contributed by atoms with Gasteiger partial charge in [-0.2, -0.15) is 26.3 Å². The molecule has 2 rings (SSSR count). The summed E-state index contributed by atoms with van der Waals surface area (Å²) in [4.78, 5) is 11.0. The second-order valence-corrected chi connectivity index (χ2v) is 4.79. The minimum Gasteiger partial charge on any atom is -0.481 e. The van der Waals surface area contributed by atoms with Crippen LogP contribution >= 0.6 is 0 Å². The first-order valence-electron chi connectivity index (χ1n) is 6.00. The lowest BCUT2D eigenvalue weighted by molar-refractivity contribution is -0.143. The van der Waals surface area contributed by atoms with E-state index in [0.29, 0.717) is 12.1 Å². The molecule has 0 radical (unpaired) electrons. The minimum atomic E-state index is -4.97. The van der Waals surface area contributed by atoms with Crippen LogP contribution in [0.2, 0.25) is 0 Å². The Morgan fingerprint density at radius 2 is 1.55 bits per heavy atom. The van der Waals surface area contributed by atoms with Crippen LogP contribution in [-0.2, 0) is 17.1 Å². The number of hydrazine groups is 1. The van der Waals surface area contributed by atoms with Crippen molar-refractivity contribution in [3.8, 4) is 0 Å². The number of alkyl halides is 6. The molecule has 0 saturated carbocycles. The van der Waals surface area contributed by atoms with Crippen LogP contribution in [0.15, 0.2) is 18.2 Å². The van der Waals surface area contributed by atoms with Gasteiger partial charge in [-0.3, -0.25) is 10.2 Å². The third-order valence-corrected chi connectivity index (χ3v) is 3.27. The topological polar surface area (TPSA) is 61.4 Å². The van der Waals surface area contributed by atoms with Crippen LogP contribution in [0.5, 0.6) is 0 Å². The zero-order valence-corrected chi connectivity index (χ0v) is 10.7. The van der Waals surface area contributed by atoms with Gasteiger partial charge in [0.25, 0.3) is 0 Å². The maximum atomic E-state index is 12.8. The molecule has 22 heavy (non-hydrogen) atoms. The van der Waals surface area contributed by atoms with Crippen LogP contribution in [0.4, 0.5) is 26.3 Å². The summed E-state index contributed by atoms with van der Waals surface area (Å²) in [7, 11) is 0. The molecular formula is C12H10F6N2O2. The van der Waals surface area contributed by atoms with Gasteiger partial charge in [0.05, 0.1) is 23.1 Å². The van der Waals surface area contributed by atoms with Gasteiger partial charge in [-0.25, -0.2) is 5.43 Å². The van der Waals surface area contributed by atoms with Gasteiger partial charge in [0.1, 0.15) is 0 Å². The van der Waals surface area contributed by atoms with Gasteiger partial charge in [-0.05, 0) is 23.8 Å². The fourth-order valence-corrected chi connectivity index (χ4v) is 2.20. The summed E-state index contributed by atoms with van der Waals surface area (Å²) in [6.07, 6.45) is -9.94. The van der Waals surface area contributed by atoms with E-state index in [9.17, 15) is 31.1 Å². The second kappa shape index (κ2) is 5.43. The van der Waals surface area contributed by atoms with Crippen molar-refractivity contribution < 1.29 is 36.2 Å². The van der Waals surface area contributed by atoms with E-state index < -0.39 is 41.4 Å². The van der Waals surface area contributed by atoms with E-state index in [1.54, 1.807) is 0 Å². The molecule has 4 nitrogen and oxygen atoms in total. The van der Waals surface area contributed by atoms with Crippen molar-refractivity contribution in [2.75, 3.05) is 6.54 Å². The normalized spacial score (nSPS) is 22.8. The van der Waals surface area contributed by atoms with Gasteiger partial charge >= 0.3 is 18.3 Å². The minimum absolute atomic E-state index is 0.00164. The van der Waals surface area contributed by atoms with E-state index in [4.69, 9.17) is 5.11 Å². The van der Waals surface area contributed by atoms with Crippen LogP contribution in [0.3, 0.4) is 0 Å². The van der Waals surface area contributed by atoms with E-state index in [1.807, 2.05) is 0 Å². The lowest BCUT2D eigenvalue weighted by Crippen LogP contribution is -2.27. The molecule has 0 spiro atoms. The maximum Gasteiger partial charge on any atom is 0.416 e. The largest absolute Gasteiger partial charge is 0.481 e. The molecule has 1 aliphatic heterocycles. The Morgan fingerprint density at radius 3 is 1.95 bits per heavy atom. The molecule has 2 atom stereocenters. The van der Waals surface area contributed by atoms with E-state index >= 15 is 0 Å². The number of halogens is 6. The predicted molar refractivity (Wildman–Crippen MR) is 61.5 cm³/mol. The molecule has 0 aromatic heterocycles. The highest BCUT2D eigenvalue weighted by molar-refractivity contribution is 5.72. The van der Waals surface area contributed by atoms with Crippen LogP contribution in [-0.4, -0.2) is 17.6 Å². The molecule has 1 fully saturated rings. The van der Waals surface area contributed by atoms with E-state index in [0.717, 1.165) is 0 Å². The van der Waals surface area contributed by atoms with Gasteiger partial charge in [0.2, 0.25) is 0 Å². The molecule has 0 amide bonds. The fraction of sp³-hybridized carbons (Fsp3) is 0.417. The molecule has 1 heterocycles.